The van der Waals surface area contributed by atoms with E-state index in [1.165, 1.54) is 0 Å². The molecule has 164 valence electrons. The summed E-state index contributed by atoms with van der Waals surface area (Å²) in [6.45, 7) is 5.12. The van der Waals surface area contributed by atoms with Crippen LogP contribution >= 0.6 is 11.6 Å². The summed E-state index contributed by atoms with van der Waals surface area (Å²) in [7, 11) is 1.58. The minimum Gasteiger partial charge on any atom is -0.497 e. The first kappa shape index (κ1) is 21.6. The zero-order valence-corrected chi connectivity index (χ0v) is 18.7. The number of amides is 1. The van der Waals surface area contributed by atoms with Gasteiger partial charge in [-0.05, 0) is 62.7 Å². The van der Waals surface area contributed by atoms with Crippen LogP contribution in [-0.2, 0) is 4.79 Å². The van der Waals surface area contributed by atoms with Gasteiger partial charge in [-0.2, -0.15) is 5.10 Å². The van der Waals surface area contributed by atoms with Crippen molar-refractivity contribution < 1.29 is 14.1 Å². The van der Waals surface area contributed by atoms with E-state index in [1.807, 2.05) is 12.1 Å². The molecule has 0 saturated heterocycles. The summed E-state index contributed by atoms with van der Waals surface area (Å²) < 4.78 is 11.6. The molecular formula is C23H21ClN4O4. The van der Waals surface area contributed by atoms with Gasteiger partial charge in [0.05, 0.1) is 12.5 Å². The number of aromatic nitrogens is 3. The molecule has 0 bridgehead atoms. The molecule has 2 aromatic heterocycles. The standard InChI is InChI=1S/C23H21ClN4O4/c1-12-17(24)6-5-7-18(12)25-22(29)13(2)28-23(30)21-19(14(3)32-27-21)20(26-28)15-8-10-16(31-4)11-9-15/h5-11,13H,1-4H3,(H,25,29)/t13-/m0/s1. The Kier molecular flexibility index (Phi) is 5.71. The molecule has 0 aliphatic rings. The third-order valence-electron chi connectivity index (χ3n) is 5.35. The van der Waals surface area contributed by atoms with Crippen molar-refractivity contribution in [2.24, 2.45) is 0 Å². The molecule has 2 heterocycles. The second kappa shape index (κ2) is 8.47. The first-order valence-electron chi connectivity index (χ1n) is 9.91. The lowest BCUT2D eigenvalue weighted by molar-refractivity contribution is -0.119. The van der Waals surface area contributed by atoms with Crippen LogP contribution in [0.1, 0.15) is 24.3 Å². The molecule has 2 aromatic carbocycles. The summed E-state index contributed by atoms with van der Waals surface area (Å²) in [6.07, 6.45) is 0. The van der Waals surface area contributed by atoms with Crippen molar-refractivity contribution in [2.75, 3.05) is 12.4 Å². The molecule has 0 aliphatic carbocycles. The van der Waals surface area contributed by atoms with Crippen LogP contribution in [0, 0.1) is 13.8 Å². The van der Waals surface area contributed by atoms with Crippen molar-refractivity contribution in [3.8, 4) is 17.0 Å². The molecule has 0 saturated carbocycles. The minimum absolute atomic E-state index is 0.113. The highest BCUT2D eigenvalue weighted by Gasteiger charge is 2.25. The molecule has 0 unspecified atom stereocenters. The minimum atomic E-state index is -0.917. The molecule has 0 fully saturated rings. The number of aryl methyl sites for hydroxylation is 1. The van der Waals surface area contributed by atoms with E-state index in [9.17, 15) is 9.59 Å². The number of ether oxygens (including phenoxy) is 1. The summed E-state index contributed by atoms with van der Waals surface area (Å²) in [5, 5.41) is 12.3. The average molecular weight is 453 g/mol. The third kappa shape index (κ3) is 3.73. The number of hydrogen-bond donors (Lipinski definition) is 1. The van der Waals surface area contributed by atoms with Crippen molar-refractivity contribution >= 4 is 34.1 Å². The maximum Gasteiger partial charge on any atom is 0.297 e. The van der Waals surface area contributed by atoms with Gasteiger partial charge in [-0.25, -0.2) is 4.68 Å². The molecule has 4 aromatic rings. The van der Waals surface area contributed by atoms with Gasteiger partial charge in [0.25, 0.3) is 5.56 Å². The average Bonchev–Trinajstić information content (AvgIpc) is 3.19. The van der Waals surface area contributed by atoms with E-state index in [4.69, 9.17) is 20.9 Å². The smallest absolute Gasteiger partial charge is 0.297 e. The largest absolute Gasteiger partial charge is 0.497 e. The quantitative estimate of drug-likeness (QED) is 0.477. The van der Waals surface area contributed by atoms with Crippen LogP contribution in [0.4, 0.5) is 5.69 Å². The first-order valence-corrected chi connectivity index (χ1v) is 10.3. The molecule has 4 rings (SSSR count). The second-order valence-corrected chi connectivity index (χ2v) is 7.77. The maximum atomic E-state index is 13.1. The number of nitrogens with one attached hydrogen (secondary N) is 1. The Morgan fingerprint density at radius 2 is 1.91 bits per heavy atom. The summed E-state index contributed by atoms with van der Waals surface area (Å²) >= 11 is 6.15. The van der Waals surface area contributed by atoms with Gasteiger partial charge in [0, 0.05) is 16.3 Å². The van der Waals surface area contributed by atoms with Crippen molar-refractivity contribution in [3.05, 3.63) is 69.2 Å². The van der Waals surface area contributed by atoms with Gasteiger partial charge in [-0.3, -0.25) is 9.59 Å². The number of benzene rings is 2. The first-order chi connectivity index (χ1) is 15.3. The lowest BCUT2D eigenvalue weighted by atomic mass is 10.1. The Hall–Kier alpha value is -3.65. The number of carbonyl (C=O) groups is 1. The zero-order valence-electron chi connectivity index (χ0n) is 18.0. The number of anilines is 1. The topological polar surface area (TPSA) is 99.2 Å². The van der Waals surface area contributed by atoms with Gasteiger partial charge in [0.15, 0.2) is 5.52 Å². The van der Waals surface area contributed by atoms with Crippen molar-refractivity contribution in [3.63, 3.8) is 0 Å². The van der Waals surface area contributed by atoms with Crippen molar-refractivity contribution in [1.82, 2.24) is 14.9 Å². The molecular weight excluding hydrogens is 432 g/mol. The zero-order chi connectivity index (χ0) is 23.0. The fourth-order valence-electron chi connectivity index (χ4n) is 3.41. The highest BCUT2D eigenvalue weighted by Crippen LogP contribution is 2.29. The van der Waals surface area contributed by atoms with E-state index in [1.54, 1.807) is 58.2 Å². The van der Waals surface area contributed by atoms with Crippen LogP contribution in [0.25, 0.3) is 22.2 Å². The fraction of sp³-hybridized carbons (Fsp3) is 0.217. The van der Waals surface area contributed by atoms with Gasteiger partial charge in [0.1, 0.15) is 23.2 Å². The van der Waals surface area contributed by atoms with E-state index in [-0.39, 0.29) is 5.52 Å². The van der Waals surface area contributed by atoms with Crippen molar-refractivity contribution in [2.45, 2.75) is 26.8 Å². The SMILES string of the molecule is COc1ccc(-c2nn([C@@H](C)C(=O)Nc3cccc(Cl)c3C)c(=O)c3noc(C)c23)cc1. The summed E-state index contributed by atoms with van der Waals surface area (Å²) in [5.41, 5.74) is 2.11. The summed E-state index contributed by atoms with van der Waals surface area (Å²) in [6, 6.07) is 11.5. The number of fused-ring (bicyclic) bond motifs is 1. The molecule has 0 spiro atoms. The number of nitrogens with zero attached hydrogens (tertiary/aromatic N) is 3. The lowest BCUT2D eigenvalue weighted by Crippen LogP contribution is -2.34. The van der Waals surface area contributed by atoms with Crippen LogP contribution in [-0.4, -0.2) is 28.0 Å². The highest BCUT2D eigenvalue weighted by molar-refractivity contribution is 6.31. The van der Waals surface area contributed by atoms with E-state index in [0.29, 0.717) is 33.3 Å². The predicted octanol–water partition coefficient (Wildman–Crippen LogP) is 4.53. The Labute approximate surface area is 188 Å². The summed E-state index contributed by atoms with van der Waals surface area (Å²) in [5.74, 6) is 0.740. The molecule has 8 nitrogen and oxygen atoms in total. The van der Waals surface area contributed by atoms with Crippen LogP contribution in [0.3, 0.4) is 0 Å². The van der Waals surface area contributed by atoms with E-state index in [0.717, 1.165) is 15.8 Å². The molecule has 0 radical (unpaired) electrons. The Bertz CT molecular complexity index is 1380. The Morgan fingerprint density at radius 3 is 2.59 bits per heavy atom. The Balaban J connectivity index is 1.80. The van der Waals surface area contributed by atoms with E-state index >= 15 is 0 Å². The van der Waals surface area contributed by atoms with Crippen LogP contribution in [0.15, 0.2) is 51.8 Å². The second-order valence-electron chi connectivity index (χ2n) is 7.37. The highest BCUT2D eigenvalue weighted by atomic mass is 35.5. The molecule has 9 heteroatoms. The van der Waals surface area contributed by atoms with Gasteiger partial charge < -0.3 is 14.6 Å². The number of carbonyl (C=O) groups excluding carboxylic acids is 1. The van der Waals surface area contributed by atoms with Gasteiger partial charge in [-0.15, -0.1) is 0 Å². The van der Waals surface area contributed by atoms with Crippen molar-refractivity contribution in [1.29, 1.82) is 0 Å². The number of hydrogen-bond acceptors (Lipinski definition) is 6. The normalized spacial score (nSPS) is 12.0. The molecule has 1 amide bonds. The monoisotopic (exact) mass is 452 g/mol. The molecule has 1 N–H and O–H groups in total. The Morgan fingerprint density at radius 1 is 1.19 bits per heavy atom. The van der Waals surface area contributed by atoms with E-state index in [2.05, 4.69) is 15.6 Å². The van der Waals surface area contributed by atoms with Crippen LogP contribution in [0.5, 0.6) is 5.75 Å². The van der Waals surface area contributed by atoms with Gasteiger partial charge >= 0.3 is 0 Å². The van der Waals surface area contributed by atoms with E-state index < -0.39 is 17.5 Å². The third-order valence-corrected chi connectivity index (χ3v) is 5.76. The van der Waals surface area contributed by atoms with Gasteiger partial charge in [-0.1, -0.05) is 22.8 Å². The fourth-order valence-corrected chi connectivity index (χ4v) is 3.59. The maximum absolute atomic E-state index is 13.1. The molecule has 1 atom stereocenters. The lowest BCUT2D eigenvalue weighted by Gasteiger charge is -2.17. The molecule has 0 aliphatic heterocycles. The number of rotatable bonds is 5. The molecule has 32 heavy (non-hydrogen) atoms. The predicted molar refractivity (Wildman–Crippen MR) is 122 cm³/mol. The van der Waals surface area contributed by atoms with Crippen LogP contribution < -0.4 is 15.6 Å². The number of halogens is 1. The summed E-state index contributed by atoms with van der Waals surface area (Å²) in [4.78, 5) is 26.1. The van der Waals surface area contributed by atoms with Crippen LogP contribution in [0.2, 0.25) is 5.02 Å². The van der Waals surface area contributed by atoms with Gasteiger partial charge in [0.2, 0.25) is 5.91 Å². The number of methoxy groups -OCH3 is 1.